The second kappa shape index (κ2) is 8.83. The summed E-state index contributed by atoms with van der Waals surface area (Å²) >= 11 is 0. The standard InChI is InChI=1S/C24H22N8O/c1-2-32-13-12-27-23(32)24(33)29-17-5-3-4-16(14-17)28-18-6-7-19-20(30-31-21(19)15-18)8-9-22-25-10-11-26-22/h3-15,28H,2H2,1H3,(H,25,26)(H,29,33)(H,30,31). The van der Waals surface area contributed by atoms with Gasteiger partial charge in [0.25, 0.3) is 5.91 Å². The van der Waals surface area contributed by atoms with Gasteiger partial charge in [-0.3, -0.25) is 9.89 Å². The van der Waals surface area contributed by atoms with Crippen LogP contribution >= 0.6 is 0 Å². The average Bonchev–Trinajstić information content (AvgIpc) is 3.58. The van der Waals surface area contributed by atoms with Crippen molar-refractivity contribution >= 4 is 46.0 Å². The van der Waals surface area contributed by atoms with Crippen LogP contribution in [0.5, 0.6) is 0 Å². The average molecular weight is 438 g/mol. The van der Waals surface area contributed by atoms with E-state index in [1.54, 1.807) is 29.4 Å². The van der Waals surface area contributed by atoms with E-state index in [1.165, 1.54) is 0 Å². The number of hydrogen-bond acceptors (Lipinski definition) is 5. The molecule has 0 saturated carbocycles. The Balaban J connectivity index is 1.31. The van der Waals surface area contributed by atoms with Crippen LogP contribution < -0.4 is 10.6 Å². The number of carbonyl (C=O) groups is 1. The van der Waals surface area contributed by atoms with Crippen LogP contribution in [-0.4, -0.2) is 35.6 Å². The molecule has 0 aliphatic carbocycles. The molecular weight excluding hydrogens is 416 g/mol. The van der Waals surface area contributed by atoms with Gasteiger partial charge in [0, 0.05) is 53.8 Å². The lowest BCUT2D eigenvalue weighted by Crippen LogP contribution is -2.17. The van der Waals surface area contributed by atoms with Gasteiger partial charge in [-0.25, -0.2) is 9.97 Å². The summed E-state index contributed by atoms with van der Waals surface area (Å²) in [6, 6.07) is 13.6. The molecule has 0 radical (unpaired) electrons. The monoisotopic (exact) mass is 438 g/mol. The molecule has 0 spiro atoms. The van der Waals surface area contributed by atoms with Crippen molar-refractivity contribution in [1.82, 2.24) is 29.7 Å². The molecule has 9 heteroatoms. The summed E-state index contributed by atoms with van der Waals surface area (Å²) in [5.74, 6) is 0.917. The molecule has 3 aromatic heterocycles. The maximum atomic E-state index is 12.6. The van der Waals surface area contributed by atoms with Gasteiger partial charge in [-0.05, 0) is 55.5 Å². The van der Waals surface area contributed by atoms with E-state index in [-0.39, 0.29) is 5.91 Å². The molecule has 1 amide bonds. The van der Waals surface area contributed by atoms with Crippen LogP contribution in [0.1, 0.15) is 29.1 Å². The number of aryl methyl sites for hydroxylation is 1. The van der Waals surface area contributed by atoms with Gasteiger partial charge >= 0.3 is 0 Å². The molecular formula is C24H22N8O. The van der Waals surface area contributed by atoms with Crippen molar-refractivity contribution in [2.45, 2.75) is 13.5 Å². The van der Waals surface area contributed by atoms with Crippen molar-refractivity contribution in [2.75, 3.05) is 10.6 Å². The van der Waals surface area contributed by atoms with Gasteiger partial charge in [-0.15, -0.1) is 0 Å². The number of imidazole rings is 2. The number of benzene rings is 2. The number of aromatic nitrogens is 6. The third-order valence-electron chi connectivity index (χ3n) is 5.18. The van der Waals surface area contributed by atoms with Gasteiger partial charge in [-0.1, -0.05) is 6.07 Å². The lowest BCUT2D eigenvalue weighted by Gasteiger charge is -2.10. The Morgan fingerprint density at radius 2 is 1.94 bits per heavy atom. The topological polar surface area (TPSA) is 116 Å². The van der Waals surface area contributed by atoms with Crippen LogP contribution in [0.3, 0.4) is 0 Å². The van der Waals surface area contributed by atoms with Crippen molar-refractivity contribution in [3.63, 3.8) is 0 Å². The summed E-state index contributed by atoms with van der Waals surface area (Å²) in [6.45, 7) is 2.65. The normalized spacial score (nSPS) is 11.3. The molecule has 2 aromatic carbocycles. The fourth-order valence-corrected chi connectivity index (χ4v) is 3.57. The molecule has 3 heterocycles. The zero-order valence-corrected chi connectivity index (χ0v) is 17.9. The third-order valence-corrected chi connectivity index (χ3v) is 5.18. The molecule has 0 aliphatic rings. The zero-order chi connectivity index (χ0) is 22.6. The molecule has 5 aromatic rings. The summed E-state index contributed by atoms with van der Waals surface area (Å²) in [6.07, 6.45) is 10.7. The summed E-state index contributed by atoms with van der Waals surface area (Å²) < 4.78 is 1.80. The maximum Gasteiger partial charge on any atom is 0.291 e. The first-order chi connectivity index (χ1) is 16.2. The Morgan fingerprint density at radius 3 is 2.79 bits per heavy atom. The number of nitrogens with one attached hydrogen (secondary N) is 4. The van der Waals surface area contributed by atoms with Crippen LogP contribution in [0.4, 0.5) is 17.1 Å². The number of aromatic amines is 2. The summed E-state index contributed by atoms with van der Waals surface area (Å²) in [4.78, 5) is 23.9. The van der Waals surface area contributed by atoms with Gasteiger partial charge < -0.3 is 20.2 Å². The molecule has 0 atom stereocenters. The van der Waals surface area contributed by atoms with E-state index in [2.05, 4.69) is 35.8 Å². The second-order valence-electron chi connectivity index (χ2n) is 7.37. The largest absolute Gasteiger partial charge is 0.355 e. The summed E-state index contributed by atoms with van der Waals surface area (Å²) in [7, 11) is 0. The molecule has 9 nitrogen and oxygen atoms in total. The van der Waals surface area contributed by atoms with Crippen LogP contribution in [0, 0.1) is 0 Å². The van der Waals surface area contributed by atoms with E-state index in [9.17, 15) is 4.79 Å². The van der Waals surface area contributed by atoms with Crippen molar-refractivity contribution in [3.05, 3.63) is 84.6 Å². The fraction of sp³-hybridized carbons (Fsp3) is 0.0833. The van der Waals surface area contributed by atoms with Crippen molar-refractivity contribution in [1.29, 1.82) is 0 Å². The first kappa shape index (κ1) is 20.3. The minimum Gasteiger partial charge on any atom is -0.355 e. The Hall–Kier alpha value is -4.66. The summed E-state index contributed by atoms with van der Waals surface area (Å²) in [5.41, 5.74) is 4.18. The van der Waals surface area contributed by atoms with Gasteiger partial charge in [0.05, 0.1) is 11.2 Å². The molecule has 164 valence electrons. The molecule has 0 fully saturated rings. The van der Waals surface area contributed by atoms with E-state index in [0.717, 1.165) is 33.8 Å². The zero-order valence-electron chi connectivity index (χ0n) is 17.9. The van der Waals surface area contributed by atoms with E-state index in [1.807, 2.05) is 61.5 Å². The lowest BCUT2D eigenvalue weighted by atomic mass is 10.1. The Morgan fingerprint density at radius 1 is 1.06 bits per heavy atom. The van der Waals surface area contributed by atoms with E-state index >= 15 is 0 Å². The molecule has 5 rings (SSSR count). The Kier molecular flexibility index (Phi) is 5.42. The Bertz CT molecular complexity index is 1430. The number of fused-ring (bicyclic) bond motifs is 1. The summed E-state index contributed by atoms with van der Waals surface area (Å²) in [5, 5.41) is 14.8. The predicted octanol–water partition coefficient (Wildman–Crippen LogP) is 4.67. The number of carbonyl (C=O) groups excluding carboxylic acids is 1. The van der Waals surface area contributed by atoms with Gasteiger partial charge in [0.15, 0.2) is 5.82 Å². The quantitative estimate of drug-likeness (QED) is 0.295. The van der Waals surface area contributed by atoms with Crippen LogP contribution in [0.2, 0.25) is 0 Å². The highest BCUT2D eigenvalue weighted by atomic mass is 16.2. The number of rotatable bonds is 7. The number of amides is 1. The highest BCUT2D eigenvalue weighted by Crippen LogP contribution is 2.25. The minimum atomic E-state index is -0.243. The number of nitrogens with zero attached hydrogens (tertiary/aromatic N) is 4. The number of hydrogen-bond donors (Lipinski definition) is 4. The Labute approximate surface area is 189 Å². The SMILES string of the molecule is CCn1ccnc1C(=O)Nc1cccc(Nc2ccc3c(C=Cc4ncc[nH]4)n[nH]c3c2)c1. The van der Waals surface area contributed by atoms with Gasteiger partial charge in [-0.2, -0.15) is 5.10 Å². The lowest BCUT2D eigenvalue weighted by molar-refractivity contribution is 0.101. The van der Waals surface area contributed by atoms with Gasteiger partial charge in [0.2, 0.25) is 0 Å². The molecule has 0 saturated heterocycles. The smallest absolute Gasteiger partial charge is 0.291 e. The van der Waals surface area contributed by atoms with Crippen molar-refractivity contribution in [3.8, 4) is 0 Å². The maximum absolute atomic E-state index is 12.6. The second-order valence-corrected chi connectivity index (χ2v) is 7.37. The van der Waals surface area contributed by atoms with E-state index in [0.29, 0.717) is 18.1 Å². The molecule has 33 heavy (non-hydrogen) atoms. The van der Waals surface area contributed by atoms with Crippen LogP contribution in [-0.2, 0) is 6.54 Å². The van der Waals surface area contributed by atoms with Crippen LogP contribution in [0.25, 0.3) is 23.1 Å². The fourth-order valence-electron chi connectivity index (χ4n) is 3.57. The van der Waals surface area contributed by atoms with E-state index in [4.69, 9.17) is 0 Å². The first-order valence-corrected chi connectivity index (χ1v) is 10.5. The molecule has 4 N–H and O–H groups in total. The molecule has 0 aliphatic heterocycles. The van der Waals surface area contributed by atoms with Crippen molar-refractivity contribution < 1.29 is 4.79 Å². The highest BCUT2D eigenvalue weighted by molar-refractivity contribution is 6.02. The number of anilines is 3. The first-order valence-electron chi connectivity index (χ1n) is 10.5. The van der Waals surface area contributed by atoms with E-state index < -0.39 is 0 Å². The predicted molar refractivity (Wildman–Crippen MR) is 129 cm³/mol. The molecule has 0 unspecified atom stereocenters. The van der Waals surface area contributed by atoms with Crippen LogP contribution in [0.15, 0.2) is 67.3 Å². The highest BCUT2D eigenvalue weighted by Gasteiger charge is 2.12. The number of H-pyrrole nitrogens is 2. The van der Waals surface area contributed by atoms with Gasteiger partial charge in [0.1, 0.15) is 5.82 Å². The third kappa shape index (κ3) is 4.38. The molecule has 0 bridgehead atoms. The van der Waals surface area contributed by atoms with Crippen molar-refractivity contribution in [2.24, 2.45) is 0 Å². The minimum absolute atomic E-state index is 0.243.